The summed E-state index contributed by atoms with van der Waals surface area (Å²) in [7, 11) is -3.79. The van der Waals surface area contributed by atoms with Crippen molar-refractivity contribution in [2.45, 2.75) is 51.1 Å². The first-order valence-corrected chi connectivity index (χ1v) is 13.5. The van der Waals surface area contributed by atoms with E-state index < -0.39 is 16.1 Å². The van der Waals surface area contributed by atoms with Crippen molar-refractivity contribution >= 4 is 21.6 Å². The van der Waals surface area contributed by atoms with E-state index in [-0.39, 0.29) is 22.8 Å². The van der Waals surface area contributed by atoms with E-state index in [0.29, 0.717) is 13.0 Å². The van der Waals surface area contributed by atoms with Crippen molar-refractivity contribution in [2.24, 2.45) is 5.92 Å². The third-order valence-corrected chi connectivity index (χ3v) is 7.77. The van der Waals surface area contributed by atoms with Crippen LogP contribution in [0.4, 0.5) is 5.69 Å². The minimum atomic E-state index is -3.79. The van der Waals surface area contributed by atoms with Crippen molar-refractivity contribution in [2.75, 3.05) is 37.6 Å². The smallest absolute Gasteiger partial charge is 0.241 e. The molecule has 1 amide bonds. The number of rotatable bonds is 10. The predicted molar refractivity (Wildman–Crippen MR) is 137 cm³/mol. The number of sulfonamides is 1. The minimum Gasteiger partial charge on any atom is -0.369 e. The summed E-state index contributed by atoms with van der Waals surface area (Å²) in [6.07, 6.45) is 0.432. The highest BCUT2D eigenvalue weighted by Gasteiger charge is 2.28. The van der Waals surface area contributed by atoms with Gasteiger partial charge in [-0.15, -0.1) is 0 Å². The van der Waals surface area contributed by atoms with Crippen LogP contribution < -0.4 is 14.9 Å². The Morgan fingerprint density at radius 2 is 1.56 bits per heavy atom. The Bertz CT molecular complexity index is 1020. The molecule has 34 heavy (non-hydrogen) atoms. The zero-order valence-electron chi connectivity index (χ0n) is 20.7. The van der Waals surface area contributed by atoms with Gasteiger partial charge in [-0.3, -0.25) is 9.69 Å². The fourth-order valence-electron chi connectivity index (χ4n) is 4.21. The van der Waals surface area contributed by atoms with Gasteiger partial charge >= 0.3 is 0 Å². The van der Waals surface area contributed by atoms with E-state index in [9.17, 15) is 13.2 Å². The van der Waals surface area contributed by atoms with Crippen molar-refractivity contribution in [3.05, 3.63) is 60.2 Å². The molecule has 2 N–H and O–H groups in total. The summed E-state index contributed by atoms with van der Waals surface area (Å²) < 4.78 is 28.4. The summed E-state index contributed by atoms with van der Waals surface area (Å²) in [6.45, 7) is 12.2. The molecule has 186 valence electrons. The molecule has 2 aromatic carbocycles. The highest BCUT2D eigenvalue weighted by molar-refractivity contribution is 7.89. The van der Waals surface area contributed by atoms with Crippen molar-refractivity contribution in [1.29, 1.82) is 0 Å². The highest BCUT2D eigenvalue weighted by Crippen LogP contribution is 2.17. The molecular weight excluding hydrogens is 448 g/mol. The van der Waals surface area contributed by atoms with Gasteiger partial charge < -0.3 is 10.2 Å². The van der Waals surface area contributed by atoms with E-state index in [1.807, 2.05) is 26.8 Å². The van der Waals surface area contributed by atoms with E-state index in [0.717, 1.165) is 31.7 Å². The number of carbonyl (C=O) groups excluding carboxylic acids is 1. The zero-order chi connectivity index (χ0) is 24.7. The molecule has 7 nitrogen and oxygen atoms in total. The van der Waals surface area contributed by atoms with Crippen LogP contribution in [0.3, 0.4) is 0 Å². The molecule has 2 atom stereocenters. The number of aryl methyl sites for hydroxylation is 1. The second-order valence-corrected chi connectivity index (χ2v) is 11.3. The lowest BCUT2D eigenvalue weighted by atomic mass is 10.0. The molecular formula is C26H38N4O3S. The first-order valence-electron chi connectivity index (χ1n) is 12.1. The molecule has 2 unspecified atom stereocenters. The Balaban J connectivity index is 1.54. The molecule has 1 aliphatic rings. The average Bonchev–Trinajstić information content (AvgIpc) is 2.82. The normalized spacial score (nSPS) is 16.9. The Labute approximate surface area is 204 Å². The summed E-state index contributed by atoms with van der Waals surface area (Å²) in [6, 6.07) is 16.4. The van der Waals surface area contributed by atoms with Gasteiger partial charge in [-0.1, -0.05) is 49.7 Å². The summed E-state index contributed by atoms with van der Waals surface area (Å²) in [5.41, 5.74) is 2.22. The molecule has 0 aliphatic carbocycles. The van der Waals surface area contributed by atoms with Gasteiger partial charge in [0, 0.05) is 44.5 Å². The standard InChI is InChI=1S/C26H38N4O3S/c1-20(2)18-25(28-34(32,33)24-12-10-21(3)11-13-24)26(31)27-19-22(4)29-14-16-30(17-15-29)23-8-6-5-7-9-23/h5-13,20,22,25,28H,14-19H2,1-4H3,(H,27,31). The molecule has 0 spiro atoms. The largest absolute Gasteiger partial charge is 0.369 e. The van der Waals surface area contributed by atoms with Crippen LogP contribution in [0.5, 0.6) is 0 Å². The number of carbonyl (C=O) groups is 1. The summed E-state index contributed by atoms with van der Waals surface area (Å²) in [5, 5.41) is 2.99. The molecule has 0 aromatic heterocycles. The maximum absolute atomic E-state index is 13.0. The summed E-state index contributed by atoms with van der Waals surface area (Å²) in [5.74, 6) is -0.112. The van der Waals surface area contributed by atoms with Crippen molar-refractivity contribution in [1.82, 2.24) is 14.9 Å². The van der Waals surface area contributed by atoms with E-state index in [1.165, 1.54) is 5.69 Å². The number of hydrogen-bond donors (Lipinski definition) is 2. The number of benzene rings is 2. The van der Waals surface area contributed by atoms with Gasteiger partial charge in [-0.05, 0) is 50.5 Å². The van der Waals surface area contributed by atoms with Crippen molar-refractivity contribution in [3.8, 4) is 0 Å². The number of nitrogens with one attached hydrogen (secondary N) is 2. The van der Waals surface area contributed by atoms with Crippen LogP contribution in [-0.2, 0) is 14.8 Å². The van der Waals surface area contributed by atoms with Gasteiger partial charge in [-0.25, -0.2) is 8.42 Å². The van der Waals surface area contributed by atoms with E-state index in [4.69, 9.17) is 0 Å². The molecule has 2 aromatic rings. The lowest BCUT2D eigenvalue weighted by molar-refractivity contribution is -0.123. The van der Waals surface area contributed by atoms with Crippen LogP contribution in [0, 0.1) is 12.8 Å². The van der Waals surface area contributed by atoms with Gasteiger partial charge in [0.15, 0.2) is 0 Å². The monoisotopic (exact) mass is 486 g/mol. The molecule has 8 heteroatoms. The number of hydrogen-bond acceptors (Lipinski definition) is 5. The number of amides is 1. The third-order valence-electron chi connectivity index (χ3n) is 6.28. The molecule has 1 saturated heterocycles. The quantitative estimate of drug-likeness (QED) is 0.540. The second-order valence-electron chi connectivity index (χ2n) is 9.57. The molecule has 3 rings (SSSR count). The van der Waals surface area contributed by atoms with E-state index in [2.05, 4.69) is 51.0 Å². The van der Waals surface area contributed by atoms with Gasteiger partial charge in [0.25, 0.3) is 0 Å². The van der Waals surface area contributed by atoms with Crippen LogP contribution in [0.1, 0.15) is 32.8 Å². The topological polar surface area (TPSA) is 81.7 Å². The first kappa shape index (κ1) is 26.2. The lowest BCUT2D eigenvalue weighted by Gasteiger charge is -2.39. The molecule has 1 aliphatic heterocycles. The Morgan fingerprint density at radius 3 is 2.15 bits per heavy atom. The lowest BCUT2D eigenvalue weighted by Crippen LogP contribution is -2.54. The summed E-state index contributed by atoms with van der Waals surface area (Å²) in [4.78, 5) is 17.9. The minimum absolute atomic E-state index is 0.162. The number of anilines is 1. The third kappa shape index (κ3) is 7.29. The maximum atomic E-state index is 13.0. The second kappa shape index (κ2) is 11.8. The van der Waals surface area contributed by atoms with Gasteiger partial charge in [0.1, 0.15) is 6.04 Å². The van der Waals surface area contributed by atoms with Gasteiger partial charge in [-0.2, -0.15) is 4.72 Å². The zero-order valence-corrected chi connectivity index (χ0v) is 21.5. The fraction of sp³-hybridized carbons (Fsp3) is 0.500. The Kier molecular flexibility index (Phi) is 9.10. The van der Waals surface area contributed by atoms with Gasteiger partial charge in [0.05, 0.1) is 4.90 Å². The van der Waals surface area contributed by atoms with Crippen LogP contribution in [0.2, 0.25) is 0 Å². The molecule has 0 radical (unpaired) electrons. The highest BCUT2D eigenvalue weighted by atomic mass is 32.2. The van der Waals surface area contributed by atoms with Crippen LogP contribution in [-0.4, -0.2) is 64.0 Å². The average molecular weight is 487 g/mol. The SMILES string of the molecule is Cc1ccc(S(=O)(=O)NC(CC(C)C)C(=O)NCC(C)N2CCN(c3ccccc3)CC2)cc1. The number of nitrogens with zero attached hydrogens (tertiary/aromatic N) is 2. The molecule has 0 bridgehead atoms. The molecule has 1 heterocycles. The van der Waals surface area contributed by atoms with Crippen molar-refractivity contribution < 1.29 is 13.2 Å². The van der Waals surface area contributed by atoms with Crippen molar-refractivity contribution in [3.63, 3.8) is 0 Å². The molecule has 1 fully saturated rings. The van der Waals surface area contributed by atoms with E-state index in [1.54, 1.807) is 24.3 Å². The first-order chi connectivity index (χ1) is 16.2. The van der Waals surface area contributed by atoms with E-state index >= 15 is 0 Å². The Morgan fingerprint density at radius 1 is 0.941 bits per heavy atom. The number of piperazine rings is 1. The van der Waals surface area contributed by atoms with Crippen LogP contribution >= 0.6 is 0 Å². The Hall–Kier alpha value is -2.42. The fourth-order valence-corrected chi connectivity index (χ4v) is 5.42. The van der Waals surface area contributed by atoms with Crippen LogP contribution in [0.15, 0.2) is 59.5 Å². The summed E-state index contributed by atoms with van der Waals surface area (Å²) >= 11 is 0. The number of para-hydroxylation sites is 1. The molecule has 0 saturated carbocycles. The van der Waals surface area contributed by atoms with Gasteiger partial charge in [0.2, 0.25) is 15.9 Å². The maximum Gasteiger partial charge on any atom is 0.241 e. The predicted octanol–water partition coefficient (Wildman–Crippen LogP) is 3.01. The van der Waals surface area contributed by atoms with Crippen LogP contribution in [0.25, 0.3) is 0 Å².